The molecule has 0 bridgehead atoms. The van der Waals surface area contributed by atoms with Gasteiger partial charge in [0.1, 0.15) is 0 Å². The Morgan fingerprint density at radius 3 is 2.46 bits per heavy atom. The van der Waals surface area contributed by atoms with Crippen LogP contribution >= 0.6 is 34.4 Å². The molecule has 146 valence electrons. The molecule has 2 amide bonds. The number of carbonyl (C=O) groups excluding carboxylic acids is 2. The van der Waals surface area contributed by atoms with E-state index in [4.69, 9.17) is 9.47 Å². The van der Waals surface area contributed by atoms with Gasteiger partial charge in [-0.2, -0.15) is 0 Å². The van der Waals surface area contributed by atoms with Crippen LogP contribution in [-0.2, 0) is 11.3 Å². The van der Waals surface area contributed by atoms with Crippen molar-refractivity contribution in [2.75, 3.05) is 13.2 Å². The highest BCUT2D eigenvalue weighted by Gasteiger charge is 2.35. The van der Waals surface area contributed by atoms with E-state index in [0.717, 1.165) is 26.5 Å². The first kappa shape index (κ1) is 20.7. The van der Waals surface area contributed by atoms with Crippen LogP contribution in [0.4, 0.5) is 4.79 Å². The summed E-state index contributed by atoms with van der Waals surface area (Å²) in [4.78, 5) is 26.8. The lowest BCUT2D eigenvalue weighted by atomic mass is 10.1. The van der Waals surface area contributed by atoms with Crippen LogP contribution in [0.2, 0.25) is 0 Å². The summed E-state index contributed by atoms with van der Waals surface area (Å²) >= 11 is 3.15. The van der Waals surface area contributed by atoms with Crippen molar-refractivity contribution in [1.82, 2.24) is 4.90 Å². The summed E-state index contributed by atoms with van der Waals surface area (Å²) in [5.41, 5.74) is 1.71. The van der Waals surface area contributed by atoms with Gasteiger partial charge in [-0.05, 0) is 77.5 Å². The molecule has 7 heteroatoms. The molecule has 0 aliphatic carbocycles. The summed E-state index contributed by atoms with van der Waals surface area (Å²) in [6, 6.07) is 13.2. The van der Waals surface area contributed by atoms with Gasteiger partial charge in [-0.3, -0.25) is 14.5 Å². The Kier molecular flexibility index (Phi) is 7.01. The molecule has 1 heterocycles. The van der Waals surface area contributed by atoms with Crippen molar-refractivity contribution in [2.45, 2.75) is 20.4 Å². The second kappa shape index (κ2) is 9.47. The lowest BCUT2D eigenvalue weighted by molar-refractivity contribution is -0.123. The van der Waals surface area contributed by atoms with Crippen LogP contribution in [0.5, 0.6) is 11.5 Å². The third-order valence-electron chi connectivity index (χ3n) is 3.98. The molecule has 3 rings (SSSR count). The van der Waals surface area contributed by atoms with Crippen molar-refractivity contribution in [3.05, 3.63) is 62.1 Å². The van der Waals surface area contributed by atoms with Crippen molar-refractivity contribution in [2.24, 2.45) is 0 Å². The van der Waals surface area contributed by atoms with Gasteiger partial charge in [-0.15, -0.1) is 0 Å². The van der Waals surface area contributed by atoms with Gasteiger partial charge < -0.3 is 9.47 Å². The summed E-state index contributed by atoms with van der Waals surface area (Å²) in [6.45, 7) is 5.14. The minimum Gasteiger partial charge on any atom is -0.490 e. The van der Waals surface area contributed by atoms with E-state index >= 15 is 0 Å². The van der Waals surface area contributed by atoms with E-state index in [2.05, 4.69) is 22.6 Å². The van der Waals surface area contributed by atoms with Gasteiger partial charge in [0.2, 0.25) is 0 Å². The summed E-state index contributed by atoms with van der Waals surface area (Å²) in [5.74, 6) is 1.05. The van der Waals surface area contributed by atoms with Crippen molar-refractivity contribution in [3.63, 3.8) is 0 Å². The zero-order valence-electron chi connectivity index (χ0n) is 15.6. The van der Waals surface area contributed by atoms with Crippen LogP contribution < -0.4 is 9.47 Å². The number of imide groups is 1. The largest absolute Gasteiger partial charge is 0.490 e. The molecule has 0 aromatic heterocycles. The molecule has 28 heavy (non-hydrogen) atoms. The second-order valence-electron chi connectivity index (χ2n) is 5.95. The van der Waals surface area contributed by atoms with E-state index in [1.165, 1.54) is 4.90 Å². The normalized spacial score (nSPS) is 15.4. The first-order valence-corrected chi connectivity index (χ1v) is 10.8. The number of hydrogen-bond acceptors (Lipinski definition) is 5. The molecule has 0 radical (unpaired) electrons. The standard InChI is InChI=1S/C21H20INO4S/c1-3-26-17-11-15(10-16(22)19(17)27-4-2)12-18-20(24)23(21(25)28-18)13-14-8-6-5-7-9-14/h5-12H,3-4,13H2,1-2H3/b18-12+. The zero-order valence-corrected chi connectivity index (χ0v) is 18.6. The van der Waals surface area contributed by atoms with E-state index in [1.807, 2.05) is 56.3 Å². The third-order valence-corrected chi connectivity index (χ3v) is 5.68. The fraction of sp³-hybridized carbons (Fsp3) is 0.238. The molecule has 2 aromatic rings. The molecular formula is C21H20INO4S. The number of halogens is 1. The van der Waals surface area contributed by atoms with Gasteiger partial charge in [0.05, 0.1) is 28.2 Å². The average molecular weight is 509 g/mol. The minimum absolute atomic E-state index is 0.259. The number of rotatable bonds is 7. The minimum atomic E-state index is -0.277. The fourth-order valence-electron chi connectivity index (χ4n) is 2.77. The Morgan fingerprint density at radius 2 is 1.79 bits per heavy atom. The Balaban J connectivity index is 1.87. The Bertz CT molecular complexity index is 914. The summed E-state index contributed by atoms with van der Waals surface area (Å²) in [5, 5.41) is -0.259. The Hall–Kier alpha value is -2.00. The topological polar surface area (TPSA) is 55.8 Å². The second-order valence-corrected chi connectivity index (χ2v) is 8.10. The van der Waals surface area contributed by atoms with Crippen LogP contribution in [0.25, 0.3) is 6.08 Å². The van der Waals surface area contributed by atoms with Crippen LogP contribution in [-0.4, -0.2) is 29.3 Å². The number of nitrogens with zero attached hydrogens (tertiary/aromatic N) is 1. The molecule has 1 aliphatic rings. The maximum absolute atomic E-state index is 12.7. The van der Waals surface area contributed by atoms with E-state index in [-0.39, 0.29) is 17.7 Å². The molecule has 0 N–H and O–H groups in total. The molecule has 0 saturated carbocycles. The summed E-state index contributed by atoms with van der Waals surface area (Å²) in [6.07, 6.45) is 1.73. The Labute approximate surface area is 182 Å². The monoisotopic (exact) mass is 509 g/mol. The lowest BCUT2D eigenvalue weighted by Crippen LogP contribution is -2.27. The van der Waals surface area contributed by atoms with Crippen LogP contribution in [0.15, 0.2) is 47.4 Å². The molecule has 0 spiro atoms. The summed E-state index contributed by atoms with van der Waals surface area (Å²) in [7, 11) is 0. The first-order valence-electron chi connectivity index (χ1n) is 8.92. The fourth-order valence-corrected chi connectivity index (χ4v) is 4.39. The first-order chi connectivity index (χ1) is 13.5. The highest BCUT2D eigenvalue weighted by Crippen LogP contribution is 2.37. The van der Waals surface area contributed by atoms with E-state index in [9.17, 15) is 9.59 Å². The molecule has 1 fully saturated rings. The Morgan fingerprint density at radius 1 is 1.07 bits per heavy atom. The van der Waals surface area contributed by atoms with Gasteiger partial charge >= 0.3 is 0 Å². The highest BCUT2D eigenvalue weighted by atomic mass is 127. The number of benzene rings is 2. The van der Waals surface area contributed by atoms with Gasteiger partial charge in [0.25, 0.3) is 11.1 Å². The smallest absolute Gasteiger partial charge is 0.293 e. The maximum atomic E-state index is 12.7. The van der Waals surface area contributed by atoms with E-state index in [0.29, 0.717) is 29.6 Å². The number of ether oxygens (including phenoxy) is 2. The third kappa shape index (κ3) is 4.70. The van der Waals surface area contributed by atoms with Crippen molar-refractivity contribution in [3.8, 4) is 11.5 Å². The van der Waals surface area contributed by atoms with Crippen LogP contribution in [0.3, 0.4) is 0 Å². The molecule has 0 unspecified atom stereocenters. The average Bonchev–Trinajstić information content (AvgIpc) is 2.93. The highest BCUT2D eigenvalue weighted by molar-refractivity contribution is 14.1. The number of hydrogen-bond donors (Lipinski definition) is 0. The molecule has 1 aliphatic heterocycles. The van der Waals surface area contributed by atoms with Crippen molar-refractivity contribution in [1.29, 1.82) is 0 Å². The van der Waals surface area contributed by atoms with E-state index < -0.39 is 0 Å². The molecule has 5 nitrogen and oxygen atoms in total. The predicted molar refractivity (Wildman–Crippen MR) is 119 cm³/mol. The van der Waals surface area contributed by atoms with Crippen LogP contribution in [0, 0.1) is 3.57 Å². The predicted octanol–water partition coefficient (Wildman–Crippen LogP) is 5.33. The molecule has 0 atom stereocenters. The summed E-state index contributed by atoms with van der Waals surface area (Å²) < 4.78 is 12.3. The van der Waals surface area contributed by atoms with Gasteiger partial charge in [0, 0.05) is 0 Å². The zero-order chi connectivity index (χ0) is 20.1. The lowest BCUT2D eigenvalue weighted by Gasteiger charge is -2.14. The van der Waals surface area contributed by atoms with Gasteiger partial charge in [-0.1, -0.05) is 30.3 Å². The molecule has 2 aromatic carbocycles. The van der Waals surface area contributed by atoms with Crippen molar-refractivity contribution >= 4 is 51.6 Å². The number of carbonyl (C=O) groups is 2. The quantitative estimate of drug-likeness (QED) is 0.374. The van der Waals surface area contributed by atoms with E-state index in [1.54, 1.807) is 6.08 Å². The van der Waals surface area contributed by atoms with Crippen molar-refractivity contribution < 1.29 is 19.1 Å². The van der Waals surface area contributed by atoms with Gasteiger partial charge in [-0.25, -0.2) is 0 Å². The maximum Gasteiger partial charge on any atom is 0.293 e. The molecule has 1 saturated heterocycles. The molecular weight excluding hydrogens is 489 g/mol. The SMILES string of the molecule is CCOc1cc(/C=C2/SC(=O)N(Cc3ccccc3)C2=O)cc(I)c1OCC. The number of amides is 2. The number of thioether (sulfide) groups is 1. The van der Waals surface area contributed by atoms with Crippen LogP contribution in [0.1, 0.15) is 25.0 Å². The van der Waals surface area contributed by atoms with Gasteiger partial charge in [0.15, 0.2) is 11.5 Å².